The molecule has 1 aliphatic rings. The van der Waals surface area contributed by atoms with E-state index in [0.717, 1.165) is 41.4 Å². The van der Waals surface area contributed by atoms with E-state index < -0.39 is 4.92 Å². The van der Waals surface area contributed by atoms with E-state index in [1.54, 1.807) is 4.90 Å². The van der Waals surface area contributed by atoms with Crippen molar-refractivity contribution in [3.8, 4) is 0 Å². The molecule has 3 aromatic rings. The molecule has 1 aromatic heterocycles. The van der Waals surface area contributed by atoms with E-state index in [0.29, 0.717) is 36.6 Å². The lowest BCUT2D eigenvalue weighted by atomic mass is 10.0. The van der Waals surface area contributed by atoms with Gasteiger partial charge in [-0.15, -0.1) is 0 Å². The number of rotatable bonds is 5. The Bertz CT molecular complexity index is 1200. The first kappa shape index (κ1) is 23.6. The van der Waals surface area contributed by atoms with Crippen molar-refractivity contribution in [2.75, 3.05) is 31.1 Å². The van der Waals surface area contributed by atoms with Crippen molar-refractivity contribution in [2.24, 2.45) is 0 Å². The average molecular weight is 480 g/mol. The van der Waals surface area contributed by atoms with E-state index in [9.17, 15) is 14.9 Å². The Morgan fingerprint density at radius 3 is 2.38 bits per heavy atom. The molecule has 0 aliphatic carbocycles. The molecule has 176 valence electrons. The van der Waals surface area contributed by atoms with Gasteiger partial charge in [-0.1, -0.05) is 23.7 Å². The molecule has 0 atom stereocenters. The Hall–Kier alpha value is -3.52. The highest BCUT2D eigenvalue weighted by atomic mass is 35.5. The van der Waals surface area contributed by atoms with Gasteiger partial charge >= 0.3 is 0 Å². The van der Waals surface area contributed by atoms with Gasteiger partial charge in [-0.05, 0) is 50.1 Å². The maximum atomic E-state index is 13.0. The van der Waals surface area contributed by atoms with Crippen LogP contribution in [0.1, 0.15) is 39.4 Å². The van der Waals surface area contributed by atoms with Gasteiger partial charge in [0.2, 0.25) is 0 Å². The Balaban J connectivity index is 1.53. The summed E-state index contributed by atoms with van der Waals surface area (Å²) in [6.07, 6.45) is 1.49. The number of aryl methyl sites for hydroxylation is 2. The molecule has 8 nitrogen and oxygen atoms in total. The zero-order valence-corrected chi connectivity index (χ0v) is 20.0. The molecule has 0 spiro atoms. The number of benzene rings is 2. The van der Waals surface area contributed by atoms with Crippen LogP contribution in [0.3, 0.4) is 0 Å². The first-order chi connectivity index (χ1) is 16.3. The molecule has 9 heteroatoms. The molecule has 4 rings (SSSR count). The molecule has 0 N–H and O–H groups in total. The second kappa shape index (κ2) is 10.2. The number of nitrogens with zero attached hydrogens (tertiary/aromatic N) is 5. The fourth-order valence-corrected chi connectivity index (χ4v) is 4.36. The molecule has 1 aliphatic heterocycles. The van der Waals surface area contributed by atoms with Crippen LogP contribution < -0.4 is 4.90 Å². The molecule has 2 aromatic carbocycles. The number of aromatic nitrogens is 2. The van der Waals surface area contributed by atoms with Crippen LogP contribution in [0.4, 0.5) is 11.5 Å². The Labute approximate surface area is 203 Å². The van der Waals surface area contributed by atoms with Gasteiger partial charge in [0.25, 0.3) is 11.6 Å². The van der Waals surface area contributed by atoms with Crippen LogP contribution in [0.25, 0.3) is 0 Å². The fourth-order valence-electron chi connectivity index (χ4n) is 4.23. The maximum Gasteiger partial charge on any atom is 0.269 e. The molecule has 0 bridgehead atoms. The highest BCUT2D eigenvalue weighted by Gasteiger charge is 2.24. The van der Waals surface area contributed by atoms with Crippen molar-refractivity contribution in [3.05, 3.63) is 91.9 Å². The number of carbonyl (C=O) groups is 1. The summed E-state index contributed by atoms with van der Waals surface area (Å²) in [5.74, 6) is 1.51. The molecule has 2 heterocycles. The molecule has 0 unspecified atom stereocenters. The summed E-state index contributed by atoms with van der Waals surface area (Å²) in [6.45, 7) is 6.46. The summed E-state index contributed by atoms with van der Waals surface area (Å²) >= 11 is 6.05. The van der Waals surface area contributed by atoms with Crippen LogP contribution in [0, 0.1) is 24.0 Å². The van der Waals surface area contributed by atoms with Crippen LogP contribution in [0.2, 0.25) is 5.02 Å². The van der Waals surface area contributed by atoms with Gasteiger partial charge in [-0.3, -0.25) is 14.9 Å². The van der Waals surface area contributed by atoms with E-state index in [-0.39, 0.29) is 11.6 Å². The third-order valence-electron chi connectivity index (χ3n) is 6.01. The second-order valence-corrected chi connectivity index (χ2v) is 8.83. The molecule has 0 saturated carbocycles. The predicted octanol–water partition coefficient (Wildman–Crippen LogP) is 4.60. The summed E-state index contributed by atoms with van der Waals surface area (Å²) in [7, 11) is 0. The van der Waals surface area contributed by atoms with Crippen LogP contribution >= 0.6 is 11.6 Å². The van der Waals surface area contributed by atoms with E-state index in [1.165, 1.54) is 24.3 Å². The van der Waals surface area contributed by atoms with Crippen molar-refractivity contribution in [3.63, 3.8) is 0 Å². The number of non-ortho nitro benzene ring substituents is 1. The number of nitro groups is 1. The molecule has 0 radical (unpaired) electrons. The SMILES string of the molecule is Cc1nc(C)c(Cc2ccc(Cl)cc2)c(N2CCCN(C(=O)c3ccc([N+](=O)[O-])cc3)CC2)n1. The molecular formula is C25H26ClN5O3. The smallest absolute Gasteiger partial charge is 0.269 e. The van der Waals surface area contributed by atoms with Crippen molar-refractivity contribution >= 4 is 29.0 Å². The van der Waals surface area contributed by atoms with E-state index in [2.05, 4.69) is 9.88 Å². The Kier molecular flexibility index (Phi) is 7.07. The van der Waals surface area contributed by atoms with Crippen molar-refractivity contribution in [2.45, 2.75) is 26.7 Å². The number of hydrogen-bond acceptors (Lipinski definition) is 6. The summed E-state index contributed by atoms with van der Waals surface area (Å²) in [5.41, 5.74) is 3.58. The van der Waals surface area contributed by atoms with Crippen molar-refractivity contribution in [1.29, 1.82) is 0 Å². The average Bonchev–Trinajstić information content (AvgIpc) is 3.08. The van der Waals surface area contributed by atoms with E-state index in [4.69, 9.17) is 16.6 Å². The highest BCUT2D eigenvalue weighted by Crippen LogP contribution is 2.26. The minimum atomic E-state index is -0.467. The first-order valence-electron chi connectivity index (χ1n) is 11.2. The summed E-state index contributed by atoms with van der Waals surface area (Å²) in [6, 6.07) is 13.6. The number of carbonyl (C=O) groups excluding carboxylic acids is 1. The molecule has 1 amide bonds. The summed E-state index contributed by atoms with van der Waals surface area (Å²) in [5, 5.41) is 11.6. The van der Waals surface area contributed by atoms with Crippen molar-refractivity contribution < 1.29 is 9.72 Å². The van der Waals surface area contributed by atoms with Crippen LogP contribution in [0.15, 0.2) is 48.5 Å². The summed E-state index contributed by atoms with van der Waals surface area (Å²) < 4.78 is 0. The lowest BCUT2D eigenvalue weighted by Crippen LogP contribution is -2.35. The zero-order chi connectivity index (χ0) is 24.2. The largest absolute Gasteiger partial charge is 0.354 e. The monoisotopic (exact) mass is 479 g/mol. The van der Waals surface area contributed by atoms with Crippen LogP contribution in [-0.2, 0) is 6.42 Å². The lowest BCUT2D eigenvalue weighted by Gasteiger charge is -2.26. The first-order valence-corrected chi connectivity index (χ1v) is 11.6. The number of hydrogen-bond donors (Lipinski definition) is 0. The molecule has 1 fully saturated rings. The quantitative estimate of drug-likeness (QED) is 0.392. The van der Waals surface area contributed by atoms with Gasteiger partial charge in [-0.25, -0.2) is 9.97 Å². The molecule has 34 heavy (non-hydrogen) atoms. The minimum Gasteiger partial charge on any atom is -0.354 e. The Morgan fingerprint density at radius 2 is 1.71 bits per heavy atom. The normalized spacial score (nSPS) is 14.1. The zero-order valence-electron chi connectivity index (χ0n) is 19.2. The van der Waals surface area contributed by atoms with Crippen LogP contribution in [0.5, 0.6) is 0 Å². The van der Waals surface area contributed by atoms with Crippen LogP contribution in [-0.4, -0.2) is 51.9 Å². The van der Waals surface area contributed by atoms with Crippen molar-refractivity contribution in [1.82, 2.24) is 14.9 Å². The second-order valence-electron chi connectivity index (χ2n) is 8.40. The topological polar surface area (TPSA) is 92.5 Å². The molecule has 1 saturated heterocycles. The number of amides is 1. The summed E-state index contributed by atoms with van der Waals surface area (Å²) in [4.78, 5) is 36.9. The number of halogens is 1. The van der Waals surface area contributed by atoms with Gasteiger partial charge in [0, 0.05) is 66.6 Å². The maximum absolute atomic E-state index is 13.0. The number of anilines is 1. The third kappa shape index (κ3) is 5.34. The minimum absolute atomic E-state index is 0.0266. The Morgan fingerprint density at radius 1 is 1.00 bits per heavy atom. The van der Waals surface area contributed by atoms with Gasteiger partial charge in [-0.2, -0.15) is 0 Å². The van der Waals surface area contributed by atoms with Gasteiger partial charge in [0.15, 0.2) is 0 Å². The fraction of sp³-hybridized carbons (Fsp3) is 0.320. The van der Waals surface area contributed by atoms with Gasteiger partial charge in [0.1, 0.15) is 11.6 Å². The third-order valence-corrected chi connectivity index (χ3v) is 6.26. The van der Waals surface area contributed by atoms with Gasteiger partial charge < -0.3 is 9.80 Å². The van der Waals surface area contributed by atoms with E-state index in [1.807, 2.05) is 38.1 Å². The lowest BCUT2D eigenvalue weighted by molar-refractivity contribution is -0.384. The number of nitro benzene ring substituents is 1. The standard InChI is InChI=1S/C25H26ClN5O3/c1-17-23(16-19-4-8-21(26)9-5-19)24(28-18(2)27-17)29-12-3-13-30(15-14-29)25(32)20-6-10-22(11-7-20)31(33)34/h4-11H,3,12-16H2,1-2H3. The highest BCUT2D eigenvalue weighted by molar-refractivity contribution is 6.30. The predicted molar refractivity (Wildman–Crippen MR) is 132 cm³/mol. The van der Waals surface area contributed by atoms with E-state index >= 15 is 0 Å². The van der Waals surface area contributed by atoms with Gasteiger partial charge in [0.05, 0.1) is 4.92 Å². The molecular weight excluding hydrogens is 454 g/mol.